The summed E-state index contributed by atoms with van der Waals surface area (Å²) < 4.78 is 0. The summed E-state index contributed by atoms with van der Waals surface area (Å²) in [5.74, 6) is -0.00802. The molecule has 0 aliphatic rings. The van der Waals surface area contributed by atoms with E-state index >= 15 is 0 Å². The van der Waals surface area contributed by atoms with Crippen molar-refractivity contribution in [2.75, 3.05) is 6.54 Å². The molecule has 0 unspecified atom stereocenters. The number of amides is 1. The zero-order chi connectivity index (χ0) is 17.9. The highest BCUT2D eigenvalue weighted by molar-refractivity contribution is 5.99. The standard InChI is InChI=1S/C23H25NO/c1-23(2,3)14-15-24-22(25)19-11-6-10-18(16-19)21-13-7-9-17-8-4-5-12-20(17)21/h4-13,16H,14-15H2,1-3H3,(H,24,25). The van der Waals surface area contributed by atoms with Crippen LogP contribution in [0.2, 0.25) is 0 Å². The van der Waals surface area contributed by atoms with E-state index in [0.29, 0.717) is 12.1 Å². The molecule has 0 aromatic heterocycles. The molecule has 0 saturated heterocycles. The fraction of sp³-hybridized carbons (Fsp3) is 0.261. The van der Waals surface area contributed by atoms with Crippen LogP contribution in [0, 0.1) is 5.41 Å². The Kier molecular flexibility index (Phi) is 4.89. The number of benzene rings is 3. The van der Waals surface area contributed by atoms with E-state index < -0.39 is 0 Å². The Hall–Kier alpha value is -2.61. The number of hydrogen-bond donors (Lipinski definition) is 1. The molecule has 0 fully saturated rings. The van der Waals surface area contributed by atoms with Gasteiger partial charge < -0.3 is 5.32 Å². The van der Waals surface area contributed by atoms with E-state index in [9.17, 15) is 4.79 Å². The molecule has 1 N–H and O–H groups in total. The monoisotopic (exact) mass is 331 g/mol. The van der Waals surface area contributed by atoms with E-state index in [1.165, 1.54) is 10.8 Å². The van der Waals surface area contributed by atoms with Crippen LogP contribution in [0.25, 0.3) is 21.9 Å². The molecule has 0 heterocycles. The van der Waals surface area contributed by atoms with Crippen molar-refractivity contribution in [1.29, 1.82) is 0 Å². The fourth-order valence-corrected chi connectivity index (χ4v) is 2.96. The van der Waals surface area contributed by atoms with Gasteiger partial charge in [-0.05, 0) is 45.9 Å². The molecule has 0 radical (unpaired) electrons. The molecule has 0 spiro atoms. The number of hydrogen-bond acceptors (Lipinski definition) is 1. The van der Waals surface area contributed by atoms with Crippen molar-refractivity contribution in [3.63, 3.8) is 0 Å². The predicted molar refractivity (Wildman–Crippen MR) is 106 cm³/mol. The molecule has 0 aliphatic carbocycles. The molecule has 2 heteroatoms. The third-order valence-electron chi connectivity index (χ3n) is 4.39. The third kappa shape index (κ3) is 4.27. The van der Waals surface area contributed by atoms with Crippen LogP contribution in [0.1, 0.15) is 37.6 Å². The minimum absolute atomic E-state index is 0.00802. The van der Waals surface area contributed by atoms with E-state index in [1.54, 1.807) is 0 Å². The Morgan fingerprint density at radius 3 is 2.44 bits per heavy atom. The predicted octanol–water partition coefficient (Wildman–Crippen LogP) is 5.67. The van der Waals surface area contributed by atoms with E-state index in [0.717, 1.165) is 17.5 Å². The molecule has 3 aromatic rings. The largest absolute Gasteiger partial charge is 0.352 e. The van der Waals surface area contributed by atoms with Crippen LogP contribution >= 0.6 is 0 Å². The molecule has 1 amide bonds. The van der Waals surface area contributed by atoms with Crippen LogP contribution in [-0.4, -0.2) is 12.5 Å². The van der Waals surface area contributed by atoms with Crippen molar-refractivity contribution in [3.05, 3.63) is 72.3 Å². The highest BCUT2D eigenvalue weighted by Crippen LogP contribution is 2.29. The molecule has 3 aromatic carbocycles. The molecule has 0 saturated carbocycles. The number of carbonyl (C=O) groups is 1. The summed E-state index contributed by atoms with van der Waals surface area (Å²) in [5, 5.41) is 5.44. The van der Waals surface area contributed by atoms with Gasteiger partial charge in [-0.2, -0.15) is 0 Å². The lowest BCUT2D eigenvalue weighted by atomic mass is 9.92. The summed E-state index contributed by atoms with van der Waals surface area (Å²) in [6.45, 7) is 7.24. The average Bonchev–Trinajstić information content (AvgIpc) is 2.60. The van der Waals surface area contributed by atoms with Crippen LogP contribution in [0.15, 0.2) is 66.7 Å². The molecule has 128 valence electrons. The van der Waals surface area contributed by atoms with Crippen LogP contribution in [0.5, 0.6) is 0 Å². The molecule has 0 bridgehead atoms. The summed E-state index contributed by atoms with van der Waals surface area (Å²) in [6, 6.07) is 22.5. The normalized spacial score (nSPS) is 11.5. The molecular weight excluding hydrogens is 306 g/mol. The summed E-state index contributed by atoms with van der Waals surface area (Å²) in [4.78, 5) is 12.5. The van der Waals surface area contributed by atoms with Crippen molar-refractivity contribution in [2.45, 2.75) is 27.2 Å². The smallest absolute Gasteiger partial charge is 0.251 e. The van der Waals surface area contributed by atoms with Gasteiger partial charge in [0.15, 0.2) is 0 Å². The number of carbonyl (C=O) groups excluding carboxylic acids is 1. The van der Waals surface area contributed by atoms with Crippen molar-refractivity contribution >= 4 is 16.7 Å². The van der Waals surface area contributed by atoms with Crippen molar-refractivity contribution in [1.82, 2.24) is 5.32 Å². The van der Waals surface area contributed by atoms with Gasteiger partial charge in [-0.25, -0.2) is 0 Å². The van der Waals surface area contributed by atoms with Gasteiger partial charge >= 0.3 is 0 Å². The summed E-state index contributed by atoms with van der Waals surface area (Å²) in [7, 11) is 0. The summed E-state index contributed by atoms with van der Waals surface area (Å²) in [6.07, 6.45) is 0.960. The van der Waals surface area contributed by atoms with E-state index in [4.69, 9.17) is 0 Å². The Bertz CT molecular complexity index is 884. The van der Waals surface area contributed by atoms with Crippen molar-refractivity contribution in [2.24, 2.45) is 5.41 Å². The molecule has 0 aliphatic heterocycles. The second-order valence-corrected chi connectivity index (χ2v) is 7.67. The zero-order valence-corrected chi connectivity index (χ0v) is 15.2. The molecular formula is C23H25NO. The Balaban J connectivity index is 1.85. The van der Waals surface area contributed by atoms with E-state index in [-0.39, 0.29) is 11.3 Å². The van der Waals surface area contributed by atoms with Gasteiger partial charge in [0.25, 0.3) is 5.91 Å². The molecule has 25 heavy (non-hydrogen) atoms. The zero-order valence-electron chi connectivity index (χ0n) is 15.2. The fourth-order valence-electron chi connectivity index (χ4n) is 2.96. The lowest BCUT2D eigenvalue weighted by molar-refractivity contribution is 0.0949. The first-order valence-electron chi connectivity index (χ1n) is 8.80. The second-order valence-electron chi connectivity index (χ2n) is 7.67. The number of fused-ring (bicyclic) bond motifs is 1. The third-order valence-corrected chi connectivity index (χ3v) is 4.39. The minimum Gasteiger partial charge on any atom is -0.352 e. The van der Waals surface area contributed by atoms with Gasteiger partial charge in [0, 0.05) is 12.1 Å². The maximum absolute atomic E-state index is 12.5. The van der Waals surface area contributed by atoms with Gasteiger partial charge in [-0.1, -0.05) is 75.4 Å². The van der Waals surface area contributed by atoms with Crippen LogP contribution < -0.4 is 5.32 Å². The van der Waals surface area contributed by atoms with Gasteiger partial charge in [-0.3, -0.25) is 4.79 Å². The highest BCUT2D eigenvalue weighted by Gasteiger charge is 2.12. The van der Waals surface area contributed by atoms with Crippen molar-refractivity contribution < 1.29 is 4.79 Å². The highest BCUT2D eigenvalue weighted by atomic mass is 16.1. The lowest BCUT2D eigenvalue weighted by Gasteiger charge is -2.18. The average molecular weight is 331 g/mol. The maximum atomic E-state index is 12.5. The van der Waals surface area contributed by atoms with E-state index in [2.05, 4.69) is 68.6 Å². The Morgan fingerprint density at radius 1 is 0.920 bits per heavy atom. The molecule has 3 rings (SSSR count). The lowest BCUT2D eigenvalue weighted by Crippen LogP contribution is -2.27. The number of nitrogens with one attached hydrogen (secondary N) is 1. The first kappa shape index (κ1) is 17.2. The summed E-state index contributed by atoms with van der Waals surface area (Å²) >= 11 is 0. The first-order valence-corrected chi connectivity index (χ1v) is 8.80. The van der Waals surface area contributed by atoms with Gasteiger partial charge in [0.05, 0.1) is 0 Å². The molecule has 0 atom stereocenters. The van der Waals surface area contributed by atoms with E-state index in [1.807, 2.05) is 24.3 Å². The first-order chi connectivity index (χ1) is 11.9. The van der Waals surface area contributed by atoms with Gasteiger partial charge in [-0.15, -0.1) is 0 Å². The van der Waals surface area contributed by atoms with Crippen LogP contribution in [-0.2, 0) is 0 Å². The summed E-state index contributed by atoms with van der Waals surface area (Å²) in [5.41, 5.74) is 3.15. The van der Waals surface area contributed by atoms with Gasteiger partial charge in [0.1, 0.15) is 0 Å². The second kappa shape index (κ2) is 7.10. The Morgan fingerprint density at radius 2 is 1.64 bits per heavy atom. The quantitative estimate of drug-likeness (QED) is 0.655. The van der Waals surface area contributed by atoms with Crippen molar-refractivity contribution in [3.8, 4) is 11.1 Å². The maximum Gasteiger partial charge on any atom is 0.251 e. The molecule has 2 nitrogen and oxygen atoms in total. The minimum atomic E-state index is -0.00802. The number of rotatable bonds is 4. The topological polar surface area (TPSA) is 29.1 Å². The van der Waals surface area contributed by atoms with Crippen LogP contribution in [0.3, 0.4) is 0 Å². The van der Waals surface area contributed by atoms with Gasteiger partial charge in [0.2, 0.25) is 0 Å². The SMILES string of the molecule is CC(C)(C)CCNC(=O)c1cccc(-c2cccc3ccccc23)c1. The van der Waals surface area contributed by atoms with Crippen LogP contribution in [0.4, 0.5) is 0 Å². The Labute approximate surface area is 149 Å².